The smallest absolute Gasteiger partial charge is 0.243 e. The predicted molar refractivity (Wildman–Crippen MR) is 95.2 cm³/mol. The van der Waals surface area contributed by atoms with Crippen LogP contribution in [-0.4, -0.2) is 33.5 Å². The standard InChI is InChI=1S/C17H17N5O2S/c1-10-11(2)25-16(20-10)5-6-18-17-21-13(8-19-22-17)12-3-4-14-15(7-12)24-9-23-14/h3-4,7-8H,5-6,9H2,1-2H3,(H,18,21,22). The number of rotatable bonds is 5. The monoisotopic (exact) mass is 355 g/mol. The van der Waals surface area contributed by atoms with Gasteiger partial charge >= 0.3 is 0 Å². The second kappa shape index (κ2) is 6.64. The molecule has 0 amide bonds. The molecule has 8 heteroatoms. The van der Waals surface area contributed by atoms with Crippen LogP contribution in [0.2, 0.25) is 0 Å². The minimum absolute atomic E-state index is 0.253. The van der Waals surface area contributed by atoms with Gasteiger partial charge in [-0.05, 0) is 32.0 Å². The van der Waals surface area contributed by atoms with Gasteiger partial charge in [0.25, 0.3) is 0 Å². The number of nitrogens with one attached hydrogen (secondary N) is 1. The van der Waals surface area contributed by atoms with Crippen molar-refractivity contribution in [3.63, 3.8) is 0 Å². The fourth-order valence-electron chi connectivity index (χ4n) is 2.50. The predicted octanol–water partition coefficient (Wildman–Crippen LogP) is 3.00. The van der Waals surface area contributed by atoms with E-state index < -0.39 is 0 Å². The van der Waals surface area contributed by atoms with Crippen LogP contribution >= 0.6 is 11.3 Å². The number of aromatic nitrogens is 4. The molecule has 3 aromatic rings. The van der Waals surface area contributed by atoms with Crippen LogP contribution in [0.5, 0.6) is 11.5 Å². The number of aryl methyl sites for hydroxylation is 2. The van der Waals surface area contributed by atoms with Crippen LogP contribution in [0.3, 0.4) is 0 Å². The third-order valence-corrected chi connectivity index (χ3v) is 5.05. The Balaban J connectivity index is 1.44. The molecular weight excluding hydrogens is 338 g/mol. The molecule has 0 aliphatic carbocycles. The molecule has 7 nitrogen and oxygen atoms in total. The van der Waals surface area contributed by atoms with Gasteiger partial charge in [-0.15, -0.1) is 16.4 Å². The molecule has 1 aromatic carbocycles. The number of benzene rings is 1. The summed E-state index contributed by atoms with van der Waals surface area (Å²) in [7, 11) is 0. The minimum atomic E-state index is 0.253. The molecule has 25 heavy (non-hydrogen) atoms. The van der Waals surface area contributed by atoms with Gasteiger partial charge in [0.1, 0.15) is 0 Å². The summed E-state index contributed by atoms with van der Waals surface area (Å²) in [6.07, 6.45) is 2.47. The van der Waals surface area contributed by atoms with Crippen molar-refractivity contribution in [1.82, 2.24) is 20.2 Å². The zero-order valence-corrected chi connectivity index (χ0v) is 14.8. The van der Waals surface area contributed by atoms with Gasteiger partial charge in [0, 0.05) is 23.4 Å². The lowest BCUT2D eigenvalue weighted by atomic mass is 10.1. The molecule has 0 saturated heterocycles. The zero-order valence-electron chi connectivity index (χ0n) is 13.9. The average Bonchev–Trinajstić information content (AvgIpc) is 3.21. The van der Waals surface area contributed by atoms with Crippen molar-refractivity contribution in [2.24, 2.45) is 0 Å². The summed E-state index contributed by atoms with van der Waals surface area (Å²) in [5.41, 5.74) is 2.74. The van der Waals surface area contributed by atoms with Gasteiger partial charge in [-0.3, -0.25) is 0 Å². The molecule has 4 rings (SSSR count). The van der Waals surface area contributed by atoms with E-state index in [4.69, 9.17) is 9.47 Å². The molecule has 0 spiro atoms. The summed E-state index contributed by atoms with van der Waals surface area (Å²) in [5, 5.41) is 12.4. The summed E-state index contributed by atoms with van der Waals surface area (Å²) in [4.78, 5) is 10.3. The molecule has 0 unspecified atom stereocenters. The van der Waals surface area contributed by atoms with Gasteiger partial charge < -0.3 is 14.8 Å². The van der Waals surface area contributed by atoms with Crippen LogP contribution in [0.25, 0.3) is 11.3 Å². The van der Waals surface area contributed by atoms with Gasteiger partial charge in [-0.1, -0.05) is 0 Å². The average molecular weight is 355 g/mol. The Hall–Kier alpha value is -2.74. The molecule has 128 valence electrons. The highest BCUT2D eigenvalue weighted by molar-refractivity contribution is 7.11. The number of fused-ring (bicyclic) bond motifs is 1. The van der Waals surface area contributed by atoms with Crippen LogP contribution in [-0.2, 0) is 6.42 Å². The number of thiazole rings is 1. The Kier molecular flexibility index (Phi) is 4.19. The minimum Gasteiger partial charge on any atom is -0.454 e. The number of hydrogen-bond acceptors (Lipinski definition) is 8. The van der Waals surface area contributed by atoms with Crippen molar-refractivity contribution in [2.45, 2.75) is 20.3 Å². The Bertz CT molecular complexity index is 892. The lowest BCUT2D eigenvalue weighted by Gasteiger charge is -2.05. The third kappa shape index (κ3) is 3.39. The molecule has 0 saturated carbocycles. The quantitative estimate of drug-likeness (QED) is 0.753. The number of nitrogens with zero attached hydrogens (tertiary/aromatic N) is 4. The van der Waals surface area contributed by atoms with E-state index in [1.807, 2.05) is 25.1 Å². The first-order valence-electron chi connectivity index (χ1n) is 7.95. The van der Waals surface area contributed by atoms with E-state index >= 15 is 0 Å². The molecule has 0 atom stereocenters. The lowest BCUT2D eigenvalue weighted by Crippen LogP contribution is -2.09. The number of ether oxygens (including phenoxy) is 2. The van der Waals surface area contributed by atoms with Crippen molar-refractivity contribution in [2.75, 3.05) is 18.7 Å². The highest BCUT2D eigenvalue weighted by atomic mass is 32.1. The van der Waals surface area contributed by atoms with Crippen molar-refractivity contribution in [3.05, 3.63) is 40.0 Å². The van der Waals surface area contributed by atoms with Gasteiger partial charge in [0.05, 0.1) is 22.6 Å². The molecule has 0 radical (unpaired) electrons. The van der Waals surface area contributed by atoms with Crippen LogP contribution in [0.15, 0.2) is 24.4 Å². The van der Waals surface area contributed by atoms with E-state index in [-0.39, 0.29) is 6.79 Å². The van der Waals surface area contributed by atoms with E-state index in [1.54, 1.807) is 17.5 Å². The zero-order chi connectivity index (χ0) is 17.2. The Morgan fingerprint density at radius 3 is 2.88 bits per heavy atom. The first-order valence-corrected chi connectivity index (χ1v) is 8.77. The maximum Gasteiger partial charge on any atom is 0.243 e. The largest absolute Gasteiger partial charge is 0.454 e. The highest BCUT2D eigenvalue weighted by Crippen LogP contribution is 2.35. The van der Waals surface area contributed by atoms with Crippen LogP contribution in [0.4, 0.5) is 5.95 Å². The molecule has 0 fully saturated rings. The molecule has 3 heterocycles. The summed E-state index contributed by atoms with van der Waals surface area (Å²) in [6.45, 7) is 5.08. The molecule has 1 aliphatic rings. The van der Waals surface area contributed by atoms with E-state index in [9.17, 15) is 0 Å². The van der Waals surface area contributed by atoms with Crippen molar-refractivity contribution >= 4 is 17.3 Å². The van der Waals surface area contributed by atoms with Crippen LogP contribution in [0, 0.1) is 13.8 Å². The summed E-state index contributed by atoms with van der Waals surface area (Å²) < 4.78 is 10.7. The summed E-state index contributed by atoms with van der Waals surface area (Å²) in [5.74, 6) is 1.97. The number of hydrogen-bond donors (Lipinski definition) is 1. The van der Waals surface area contributed by atoms with Crippen molar-refractivity contribution < 1.29 is 9.47 Å². The van der Waals surface area contributed by atoms with Gasteiger partial charge in [0.15, 0.2) is 11.5 Å². The lowest BCUT2D eigenvalue weighted by molar-refractivity contribution is 0.174. The van der Waals surface area contributed by atoms with E-state index in [0.29, 0.717) is 12.5 Å². The molecule has 1 N–H and O–H groups in total. The Morgan fingerprint density at radius 2 is 2.04 bits per heavy atom. The number of anilines is 1. The molecule has 2 aromatic heterocycles. The van der Waals surface area contributed by atoms with Gasteiger partial charge in [-0.25, -0.2) is 9.97 Å². The van der Waals surface area contributed by atoms with Crippen LogP contribution < -0.4 is 14.8 Å². The van der Waals surface area contributed by atoms with Crippen molar-refractivity contribution in [1.29, 1.82) is 0 Å². The van der Waals surface area contributed by atoms with Gasteiger partial charge in [-0.2, -0.15) is 5.10 Å². The molecular formula is C17H17N5O2S. The van der Waals surface area contributed by atoms with E-state index in [2.05, 4.69) is 32.4 Å². The van der Waals surface area contributed by atoms with Crippen molar-refractivity contribution in [3.8, 4) is 22.8 Å². The topological polar surface area (TPSA) is 82.1 Å². The highest BCUT2D eigenvalue weighted by Gasteiger charge is 2.14. The molecule has 0 bridgehead atoms. The normalized spacial score (nSPS) is 12.4. The van der Waals surface area contributed by atoms with E-state index in [0.717, 1.165) is 39.9 Å². The summed E-state index contributed by atoms with van der Waals surface area (Å²) in [6, 6.07) is 5.71. The maximum atomic E-state index is 5.41. The first kappa shape index (κ1) is 15.8. The SMILES string of the molecule is Cc1nc(CCNc2nncc(-c3ccc4c(c3)OCO4)n2)sc1C. The van der Waals surface area contributed by atoms with Gasteiger partial charge in [0.2, 0.25) is 12.7 Å². The Morgan fingerprint density at radius 1 is 1.16 bits per heavy atom. The fraction of sp³-hybridized carbons (Fsp3) is 0.294. The summed E-state index contributed by atoms with van der Waals surface area (Å²) >= 11 is 1.73. The molecule has 1 aliphatic heterocycles. The Labute approximate surface area is 149 Å². The first-order chi connectivity index (χ1) is 12.2. The fourth-order valence-corrected chi connectivity index (χ4v) is 3.43. The second-order valence-corrected chi connectivity index (χ2v) is 6.95. The second-order valence-electron chi connectivity index (χ2n) is 5.66. The maximum absolute atomic E-state index is 5.41. The van der Waals surface area contributed by atoms with Crippen LogP contribution in [0.1, 0.15) is 15.6 Å². The third-order valence-electron chi connectivity index (χ3n) is 3.92. The van der Waals surface area contributed by atoms with E-state index in [1.165, 1.54) is 4.88 Å².